The highest BCUT2D eigenvalue weighted by atomic mass is 19.4. The van der Waals surface area contributed by atoms with Gasteiger partial charge in [-0.3, -0.25) is 9.59 Å². The Hall–Kier alpha value is -5.00. The number of amides is 1. The average Bonchev–Trinajstić information content (AvgIpc) is 2.92. The van der Waals surface area contributed by atoms with E-state index < -0.39 is 46.2 Å². The van der Waals surface area contributed by atoms with E-state index in [0.717, 1.165) is 6.07 Å². The van der Waals surface area contributed by atoms with E-state index in [1.807, 2.05) is 0 Å². The van der Waals surface area contributed by atoms with Crippen molar-refractivity contribution in [2.45, 2.75) is 31.6 Å². The van der Waals surface area contributed by atoms with Crippen molar-refractivity contribution in [2.75, 3.05) is 11.1 Å². The van der Waals surface area contributed by atoms with E-state index >= 15 is 0 Å². The molecule has 0 heterocycles. The van der Waals surface area contributed by atoms with Crippen LogP contribution in [0, 0.1) is 6.92 Å². The molecular formula is C31H24F6N2O4. The lowest BCUT2D eigenvalue weighted by molar-refractivity contribution is -0.288. The van der Waals surface area contributed by atoms with Crippen molar-refractivity contribution in [2.24, 2.45) is 0 Å². The standard InChI is InChI=1S/C31H24F6N2O4/c1-17-3-8-21(15-25(17)38)29(30(32,33)34,31(35,36)37)22-9-14-27(41)26(16-22)39-28(42)20-6-12-24(13-7-20)43-23-10-4-19(5-11-23)18(2)40/h3-16,41H,38H2,1-2H3,(H,39,42). The normalized spacial score (nSPS) is 12.1. The van der Waals surface area contributed by atoms with E-state index in [4.69, 9.17) is 10.5 Å². The predicted molar refractivity (Wildman–Crippen MR) is 148 cm³/mol. The Morgan fingerprint density at radius 1 is 0.744 bits per heavy atom. The second-order valence-electron chi connectivity index (χ2n) is 9.71. The van der Waals surface area contributed by atoms with Gasteiger partial charge in [-0.05, 0) is 97.3 Å². The Kier molecular flexibility index (Phi) is 8.17. The van der Waals surface area contributed by atoms with Crippen LogP contribution in [0.3, 0.4) is 0 Å². The average molecular weight is 603 g/mol. The highest BCUT2D eigenvalue weighted by Gasteiger charge is 2.72. The summed E-state index contributed by atoms with van der Waals surface area (Å²) in [6.45, 7) is 2.85. The molecule has 0 radical (unpaired) electrons. The third-order valence-electron chi connectivity index (χ3n) is 6.85. The van der Waals surface area contributed by atoms with Gasteiger partial charge in [0, 0.05) is 16.8 Å². The summed E-state index contributed by atoms with van der Waals surface area (Å²) in [4.78, 5) is 24.3. The van der Waals surface area contributed by atoms with Gasteiger partial charge in [-0.1, -0.05) is 18.2 Å². The summed E-state index contributed by atoms with van der Waals surface area (Å²) in [5.74, 6) is -1.10. The number of rotatable bonds is 7. The van der Waals surface area contributed by atoms with Gasteiger partial charge in [-0.2, -0.15) is 26.3 Å². The van der Waals surface area contributed by atoms with E-state index in [9.17, 15) is 41.0 Å². The molecule has 6 nitrogen and oxygen atoms in total. The molecule has 0 aromatic heterocycles. The Morgan fingerprint density at radius 2 is 1.23 bits per heavy atom. The zero-order valence-corrected chi connectivity index (χ0v) is 22.6. The minimum absolute atomic E-state index is 0.0340. The molecule has 43 heavy (non-hydrogen) atoms. The molecular weight excluding hydrogens is 578 g/mol. The van der Waals surface area contributed by atoms with Gasteiger partial charge >= 0.3 is 12.4 Å². The molecule has 0 saturated carbocycles. The van der Waals surface area contributed by atoms with Gasteiger partial charge in [0.15, 0.2) is 5.78 Å². The van der Waals surface area contributed by atoms with Crippen molar-refractivity contribution in [3.8, 4) is 17.2 Å². The number of Topliss-reactive ketones (excluding diaryl/α,β-unsaturated/α-hetero) is 1. The number of nitrogens with one attached hydrogen (secondary N) is 1. The molecule has 0 aliphatic rings. The van der Waals surface area contributed by atoms with Crippen LogP contribution in [-0.2, 0) is 5.41 Å². The fourth-order valence-corrected chi connectivity index (χ4v) is 4.49. The largest absolute Gasteiger partial charge is 0.506 e. The number of anilines is 2. The second-order valence-corrected chi connectivity index (χ2v) is 9.71. The monoisotopic (exact) mass is 602 g/mol. The fourth-order valence-electron chi connectivity index (χ4n) is 4.49. The van der Waals surface area contributed by atoms with E-state index in [2.05, 4.69) is 5.32 Å². The maximum absolute atomic E-state index is 14.5. The van der Waals surface area contributed by atoms with Crippen molar-refractivity contribution in [1.82, 2.24) is 0 Å². The number of hydrogen-bond acceptors (Lipinski definition) is 5. The van der Waals surface area contributed by atoms with Gasteiger partial charge in [0.25, 0.3) is 5.91 Å². The predicted octanol–water partition coefficient (Wildman–Crippen LogP) is 7.94. The number of phenols is 1. The molecule has 0 fully saturated rings. The number of hydrogen-bond donors (Lipinski definition) is 3. The highest BCUT2D eigenvalue weighted by molar-refractivity contribution is 6.05. The topological polar surface area (TPSA) is 102 Å². The molecule has 0 aliphatic carbocycles. The van der Waals surface area contributed by atoms with Crippen molar-refractivity contribution in [1.29, 1.82) is 0 Å². The molecule has 0 aliphatic heterocycles. The number of aryl methyl sites for hydroxylation is 1. The Bertz CT molecular complexity index is 1650. The van der Waals surface area contributed by atoms with Crippen molar-refractivity contribution in [3.63, 3.8) is 0 Å². The molecule has 0 bridgehead atoms. The number of carbonyl (C=O) groups is 2. The Balaban J connectivity index is 1.66. The number of alkyl halides is 6. The van der Waals surface area contributed by atoms with Crippen LogP contribution in [0.4, 0.5) is 37.7 Å². The van der Waals surface area contributed by atoms with Crippen LogP contribution < -0.4 is 15.8 Å². The van der Waals surface area contributed by atoms with Crippen LogP contribution in [-0.4, -0.2) is 29.1 Å². The molecule has 0 atom stereocenters. The number of ether oxygens (including phenoxy) is 1. The van der Waals surface area contributed by atoms with Gasteiger partial charge in [0.2, 0.25) is 5.41 Å². The number of ketones is 1. The SMILES string of the molecule is CC(=O)c1ccc(Oc2ccc(C(=O)Nc3cc(C(c4ccc(C)c(N)c4)(C(F)(F)F)C(F)(F)F)ccc3O)cc2)cc1. The number of phenolic OH excluding ortho intramolecular Hbond substituents is 1. The molecule has 224 valence electrons. The van der Waals surface area contributed by atoms with Gasteiger partial charge in [-0.15, -0.1) is 0 Å². The highest BCUT2D eigenvalue weighted by Crippen LogP contribution is 2.57. The van der Waals surface area contributed by atoms with Crippen molar-refractivity contribution >= 4 is 23.1 Å². The van der Waals surface area contributed by atoms with Gasteiger partial charge in [0.05, 0.1) is 5.69 Å². The van der Waals surface area contributed by atoms with Crippen LogP contribution >= 0.6 is 0 Å². The summed E-state index contributed by atoms with van der Waals surface area (Å²) < 4.78 is 92.9. The lowest BCUT2D eigenvalue weighted by Gasteiger charge is -2.38. The summed E-state index contributed by atoms with van der Waals surface area (Å²) in [6.07, 6.45) is -11.8. The van der Waals surface area contributed by atoms with E-state index in [1.54, 1.807) is 24.3 Å². The zero-order valence-electron chi connectivity index (χ0n) is 22.6. The van der Waals surface area contributed by atoms with Crippen LogP contribution in [0.15, 0.2) is 84.9 Å². The van der Waals surface area contributed by atoms with Crippen LogP contribution in [0.2, 0.25) is 0 Å². The van der Waals surface area contributed by atoms with E-state index in [-0.39, 0.29) is 22.6 Å². The number of benzene rings is 4. The van der Waals surface area contributed by atoms with Crippen LogP contribution in [0.25, 0.3) is 0 Å². The number of carbonyl (C=O) groups excluding carboxylic acids is 2. The summed E-state index contributed by atoms with van der Waals surface area (Å²) in [5.41, 5.74) is -1.53. The minimum Gasteiger partial charge on any atom is -0.506 e. The number of halogens is 6. The molecule has 12 heteroatoms. The fraction of sp³-hybridized carbons (Fsp3) is 0.161. The lowest BCUT2D eigenvalue weighted by Crippen LogP contribution is -2.54. The maximum Gasteiger partial charge on any atom is 0.411 e. The molecule has 0 spiro atoms. The molecule has 0 unspecified atom stereocenters. The quantitative estimate of drug-likeness (QED) is 0.0863. The molecule has 0 saturated heterocycles. The summed E-state index contributed by atoms with van der Waals surface area (Å²) in [7, 11) is 0. The van der Waals surface area contributed by atoms with Crippen LogP contribution in [0.5, 0.6) is 17.2 Å². The Morgan fingerprint density at radius 3 is 1.72 bits per heavy atom. The lowest BCUT2D eigenvalue weighted by atomic mass is 9.72. The summed E-state index contributed by atoms with van der Waals surface area (Å²) in [5, 5.41) is 12.5. The van der Waals surface area contributed by atoms with Gasteiger partial charge in [-0.25, -0.2) is 0 Å². The first-order valence-electron chi connectivity index (χ1n) is 12.6. The van der Waals surface area contributed by atoms with Crippen molar-refractivity contribution in [3.05, 3.63) is 113 Å². The smallest absolute Gasteiger partial charge is 0.411 e. The first kappa shape index (κ1) is 30.9. The van der Waals surface area contributed by atoms with Gasteiger partial charge in [0.1, 0.15) is 17.2 Å². The third kappa shape index (κ3) is 5.99. The number of aromatic hydroxyl groups is 1. The maximum atomic E-state index is 14.5. The third-order valence-corrected chi connectivity index (χ3v) is 6.85. The van der Waals surface area contributed by atoms with E-state index in [1.165, 1.54) is 38.1 Å². The molecule has 4 aromatic carbocycles. The first-order valence-corrected chi connectivity index (χ1v) is 12.6. The Labute approximate surface area is 241 Å². The van der Waals surface area contributed by atoms with Gasteiger partial charge < -0.3 is 20.9 Å². The first-order chi connectivity index (χ1) is 20.0. The number of nitrogens with two attached hydrogens (primary N) is 1. The minimum atomic E-state index is -5.90. The summed E-state index contributed by atoms with van der Waals surface area (Å²) >= 11 is 0. The molecule has 1 amide bonds. The second kappa shape index (κ2) is 11.3. The zero-order chi connectivity index (χ0) is 31.7. The molecule has 4 aromatic rings. The van der Waals surface area contributed by atoms with Crippen molar-refractivity contribution < 1.29 is 45.8 Å². The van der Waals surface area contributed by atoms with E-state index in [0.29, 0.717) is 47.4 Å². The number of nitrogen functional groups attached to an aromatic ring is 1. The molecule has 4 rings (SSSR count). The summed E-state index contributed by atoms with van der Waals surface area (Å²) in [6, 6.07) is 15.6. The van der Waals surface area contributed by atoms with Crippen LogP contribution in [0.1, 0.15) is 44.3 Å². The molecule has 4 N–H and O–H groups in total.